The van der Waals surface area contributed by atoms with Crippen molar-refractivity contribution in [3.05, 3.63) is 35.9 Å². The molecule has 3 nitrogen and oxygen atoms in total. The van der Waals surface area contributed by atoms with Crippen molar-refractivity contribution in [2.75, 3.05) is 26.2 Å². The van der Waals surface area contributed by atoms with Crippen LogP contribution < -0.4 is 5.32 Å². The molecule has 1 aliphatic rings. The van der Waals surface area contributed by atoms with E-state index in [4.69, 9.17) is 12.2 Å². The van der Waals surface area contributed by atoms with Gasteiger partial charge in [0.1, 0.15) is 0 Å². The normalized spacial score (nSPS) is 17.1. The predicted octanol–water partition coefficient (Wildman–Crippen LogP) is 2.48. The van der Waals surface area contributed by atoms with E-state index in [1.54, 1.807) is 0 Å². The van der Waals surface area contributed by atoms with Crippen LogP contribution in [-0.2, 0) is 6.54 Å². The Labute approximate surface area is 128 Å². The SMILES string of the molecule is CC(C)(C)NC(=S)N1CCN(Cc2ccccc2)CC1. The van der Waals surface area contributed by atoms with Crippen molar-refractivity contribution in [1.82, 2.24) is 15.1 Å². The second kappa shape index (κ2) is 6.55. The maximum atomic E-state index is 5.49. The summed E-state index contributed by atoms with van der Waals surface area (Å²) >= 11 is 5.49. The van der Waals surface area contributed by atoms with Gasteiger partial charge in [0, 0.05) is 38.3 Å². The molecule has 0 atom stereocenters. The Morgan fingerprint density at radius 1 is 1.10 bits per heavy atom. The van der Waals surface area contributed by atoms with Crippen LogP contribution in [-0.4, -0.2) is 46.6 Å². The van der Waals surface area contributed by atoms with Gasteiger partial charge < -0.3 is 10.2 Å². The average molecular weight is 291 g/mol. The number of hydrogen-bond donors (Lipinski definition) is 1. The fraction of sp³-hybridized carbons (Fsp3) is 0.562. The fourth-order valence-corrected chi connectivity index (χ4v) is 2.84. The molecule has 1 N–H and O–H groups in total. The van der Waals surface area contributed by atoms with E-state index >= 15 is 0 Å². The minimum Gasteiger partial charge on any atom is -0.358 e. The first kappa shape index (κ1) is 15.3. The van der Waals surface area contributed by atoms with Crippen LogP contribution in [0.3, 0.4) is 0 Å². The van der Waals surface area contributed by atoms with Crippen LogP contribution >= 0.6 is 12.2 Å². The number of nitrogens with zero attached hydrogens (tertiary/aromatic N) is 2. The largest absolute Gasteiger partial charge is 0.358 e. The fourth-order valence-electron chi connectivity index (χ4n) is 2.35. The summed E-state index contributed by atoms with van der Waals surface area (Å²) in [5.41, 5.74) is 1.43. The molecule has 0 aliphatic carbocycles. The topological polar surface area (TPSA) is 18.5 Å². The number of nitrogens with one attached hydrogen (secondary N) is 1. The molecular formula is C16H25N3S. The molecule has 110 valence electrons. The van der Waals surface area contributed by atoms with Gasteiger partial charge in [0.25, 0.3) is 0 Å². The number of thiocarbonyl (C=S) groups is 1. The van der Waals surface area contributed by atoms with Gasteiger partial charge in [-0.1, -0.05) is 30.3 Å². The Morgan fingerprint density at radius 3 is 2.25 bits per heavy atom. The summed E-state index contributed by atoms with van der Waals surface area (Å²) in [6, 6.07) is 10.7. The van der Waals surface area contributed by atoms with Crippen LogP contribution in [0.1, 0.15) is 26.3 Å². The smallest absolute Gasteiger partial charge is 0.169 e. The van der Waals surface area contributed by atoms with E-state index in [1.165, 1.54) is 5.56 Å². The molecule has 0 unspecified atom stereocenters. The van der Waals surface area contributed by atoms with Crippen LogP contribution in [0.25, 0.3) is 0 Å². The lowest BCUT2D eigenvalue weighted by atomic mass is 10.1. The van der Waals surface area contributed by atoms with Gasteiger partial charge in [-0.15, -0.1) is 0 Å². The van der Waals surface area contributed by atoms with Gasteiger partial charge in [-0.3, -0.25) is 4.90 Å². The molecule has 0 aromatic heterocycles. The molecule has 1 heterocycles. The second-order valence-corrected chi connectivity index (χ2v) is 6.82. The van der Waals surface area contributed by atoms with Crippen LogP contribution in [0.15, 0.2) is 30.3 Å². The van der Waals surface area contributed by atoms with Crippen molar-refractivity contribution in [3.63, 3.8) is 0 Å². The maximum absolute atomic E-state index is 5.49. The van der Waals surface area contributed by atoms with E-state index in [-0.39, 0.29) is 5.54 Å². The van der Waals surface area contributed by atoms with Crippen LogP contribution in [0, 0.1) is 0 Å². The molecule has 0 saturated carbocycles. The number of rotatable bonds is 2. The standard InChI is InChI=1S/C16H25N3S/c1-16(2,3)17-15(20)19-11-9-18(10-12-19)13-14-7-5-4-6-8-14/h4-8H,9-13H2,1-3H3,(H,17,20). The van der Waals surface area contributed by atoms with Gasteiger partial charge >= 0.3 is 0 Å². The summed E-state index contributed by atoms with van der Waals surface area (Å²) in [6.07, 6.45) is 0. The Bertz CT molecular complexity index is 431. The lowest BCUT2D eigenvalue weighted by molar-refractivity contribution is 0.173. The maximum Gasteiger partial charge on any atom is 0.169 e. The predicted molar refractivity (Wildman–Crippen MR) is 88.8 cm³/mol. The zero-order valence-corrected chi connectivity index (χ0v) is 13.5. The third kappa shape index (κ3) is 4.76. The number of benzene rings is 1. The molecule has 1 fully saturated rings. The zero-order chi connectivity index (χ0) is 14.6. The van der Waals surface area contributed by atoms with E-state index in [2.05, 4.69) is 66.2 Å². The first-order valence-electron chi connectivity index (χ1n) is 7.27. The molecule has 0 bridgehead atoms. The summed E-state index contributed by atoms with van der Waals surface area (Å²) < 4.78 is 0. The Hall–Kier alpha value is -1.13. The van der Waals surface area contributed by atoms with Crippen LogP contribution in [0.5, 0.6) is 0 Å². The Kier molecular flexibility index (Phi) is 5.00. The van der Waals surface area contributed by atoms with Crippen LogP contribution in [0.2, 0.25) is 0 Å². The van der Waals surface area contributed by atoms with E-state index in [0.29, 0.717) is 0 Å². The lowest BCUT2D eigenvalue weighted by Crippen LogP contribution is -2.54. The van der Waals surface area contributed by atoms with Gasteiger partial charge in [-0.2, -0.15) is 0 Å². The molecule has 1 aromatic carbocycles. The summed E-state index contributed by atoms with van der Waals surface area (Å²) in [4.78, 5) is 4.77. The van der Waals surface area contributed by atoms with Crippen molar-refractivity contribution < 1.29 is 0 Å². The quantitative estimate of drug-likeness (QED) is 0.844. The number of piperazine rings is 1. The minimum absolute atomic E-state index is 0.0399. The van der Waals surface area contributed by atoms with E-state index in [0.717, 1.165) is 37.8 Å². The van der Waals surface area contributed by atoms with Gasteiger partial charge in [-0.05, 0) is 38.6 Å². The molecule has 1 aliphatic heterocycles. The zero-order valence-electron chi connectivity index (χ0n) is 12.7. The van der Waals surface area contributed by atoms with Crippen molar-refractivity contribution in [2.24, 2.45) is 0 Å². The molecule has 0 spiro atoms. The van der Waals surface area contributed by atoms with E-state index in [9.17, 15) is 0 Å². The lowest BCUT2D eigenvalue weighted by Gasteiger charge is -2.38. The van der Waals surface area contributed by atoms with E-state index < -0.39 is 0 Å². The highest BCUT2D eigenvalue weighted by atomic mass is 32.1. The second-order valence-electron chi connectivity index (χ2n) is 6.43. The molecule has 4 heteroatoms. The molecule has 20 heavy (non-hydrogen) atoms. The molecular weight excluding hydrogens is 266 g/mol. The van der Waals surface area contributed by atoms with Crippen molar-refractivity contribution in [1.29, 1.82) is 0 Å². The van der Waals surface area contributed by atoms with Gasteiger partial charge in [-0.25, -0.2) is 0 Å². The summed E-state index contributed by atoms with van der Waals surface area (Å²) in [6.45, 7) is 11.6. The van der Waals surface area contributed by atoms with Gasteiger partial charge in [0.2, 0.25) is 0 Å². The average Bonchev–Trinajstić information content (AvgIpc) is 2.39. The summed E-state index contributed by atoms with van der Waals surface area (Å²) in [5, 5.41) is 4.28. The van der Waals surface area contributed by atoms with Crippen molar-refractivity contribution in [3.8, 4) is 0 Å². The summed E-state index contributed by atoms with van der Waals surface area (Å²) in [7, 11) is 0. The van der Waals surface area contributed by atoms with Crippen LogP contribution in [0.4, 0.5) is 0 Å². The Morgan fingerprint density at radius 2 is 1.70 bits per heavy atom. The first-order chi connectivity index (χ1) is 9.44. The highest BCUT2D eigenvalue weighted by Crippen LogP contribution is 2.09. The van der Waals surface area contributed by atoms with E-state index in [1.807, 2.05) is 0 Å². The first-order valence-corrected chi connectivity index (χ1v) is 7.68. The number of hydrogen-bond acceptors (Lipinski definition) is 2. The Balaban J connectivity index is 1.79. The van der Waals surface area contributed by atoms with Gasteiger partial charge in [0.05, 0.1) is 0 Å². The highest BCUT2D eigenvalue weighted by molar-refractivity contribution is 7.80. The monoisotopic (exact) mass is 291 g/mol. The summed E-state index contributed by atoms with van der Waals surface area (Å²) in [5.74, 6) is 0. The van der Waals surface area contributed by atoms with Gasteiger partial charge in [0.15, 0.2) is 5.11 Å². The molecule has 0 amide bonds. The van der Waals surface area contributed by atoms with Crippen molar-refractivity contribution in [2.45, 2.75) is 32.9 Å². The van der Waals surface area contributed by atoms with Crippen molar-refractivity contribution >= 4 is 17.3 Å². The molecule has 0 radical (unpaired) electrons. The molecule has 2 rings (SSSR count). The minimum atomic E-state index is 0.0399. The molecule has 1 aromatic rings. The highest BCUT2D eigenvalue weighted by Gasteiger charge is 2.21. The third-order valence-corrected chi connectivity index (χ3v) is 3.75. The third-order valence-electron chi connectivity index (χ3n) is 3.39. The molecule has 1 saturated heterocycles.